The topological polar surface area (TPSA) is 83.6 Å². The van der Waals surface area contributed by atoms with Crippen LogP contribution >= 0.6 is 11.8 Å². The molecular weight excluding hydrogens is 353 g/mol. The largest absolute Gasteiger partial charge is 0.337 e. The van der Waals surface area contributed by atoms with E-state index in [1.165, 1.54) is 17.8 Å². The zero-order valence-corrected chi connectivity index (χ0v) is 15.4. The summed E-state index contributed by atoms with van der Waals surface area (Å²) in [5.74, 6) is -0.0293. The Balaban J connectivity index is 1.64. The van der Waals surface area contributed by atoms with Gasteiger partial charge in [-0.05, 0) is 25.0 Å². The zero-order valence-electron chi connectivity index (χ0n) is 14.5. The van der Waals surface area contributed by atoms with Crippen LogP contribution in [0.3, 0.4) is 0 Å². The molecule has 1 N–H and O–H groups in total. The quantitative estimate of drug-likeness (QED) is 0.815. The summed E-state index contributed by atoms with van der Waals surface area (Å²) in [6.45, 7) is 0. The first kappa shape index (κ1) is 18.4. The third-order valence-corrected chi connectivity index (χ3v) is 5.60. The smallest absolute Gasteiger partial charge is 0.231 e. The van der Waals surface area contributed by atoms with Gasteiger partial charge in [0.2, 0.25) is 5.91 Å². The average Bonchev–Trinajstić information content (AvgIpc) is 3.01. The Labute approximate surface area is 155 Å². The fourth-order valence-corrected chi connectivity index (χ4v) is 3.88. The Hall–Kier alpha value is -2.40. The number of nitrogens with zero attached hydrogens (tertiary/aromatic N) is 4. The van der Waals surface area contributed by atoms with Gasteiger partial charge in [0, 0.05) is 7.05 Å². The highest BCUT2D eigenvalue weighted by Crippen LogP contribution is 2.28. The normalized spacial score (nSPS) is 16.0. The highest BCUT2D eigenvalue weighted by atomic mass is 32.2. The molecule has 0 atom stereocenters. The molecule has 0 bridgehead atoms. The molecule has 8 heteroatoms. The first-order valence-electron chi connectivity index (χ1n) is 8.54. The Morgan fingerprint density at radius 2 is 2.08 bits per heavy atom. The third kappa shape index (κ3) is 3.88. The highest BCUT2D eigenvalue weighted by Gasteiger charge is 2.33. The molecule has 1 amide bonds. The molecule has 1 heterocycles. The van der Waals surface area contributed by atoms with E-state index >= 15 is 0 Å². The third-order valence-electron chi connectivity index (χ3n) is 4.58. The van der Waals surface area contributed by atoms with Gasteiger partial charge in [0.25, 0.3) is 0 Å². The lowest BCUT2D eigenvalue weighted by Crippen LogP contribution is -2.49. The number of nitrogens with one attached hydrogen (secondary N) is 1. The van der Waals surface area contributed by atoms with Gasteiger partial charge in [-0.15, -0.1) is 10.2 Å². The van der Waals surface area contributed by atoms with Crippen LogP contribution in [-0.2, 0) is 11.8 Å². The molecule has 0 unspecified atom stereocenters. The van der Waals surface area contributed by atoms with E-state index < -0.39 is 5.54 Å². The fraction of sp³-hybridized carbons (Fsp3) is 0.444. The zero-order chi connectivity index (χ0) is 18.6. The number of carbonyl (C=O) groups is 1. The van der Waals surface area contributed by atoms with Crippen molar-refractivity contribution < 1.29 is 9.18 Å². The fourth-order valence-electron chi connectivity index (χ4n) is 3.17. The summed E-state index contributed by atoms with van der Waals surface area (Å²) < 4.78 is 15.6. The van der Waals surface area contributed by atoms with Crippen LogP contribution in [0.4, 0.5) is 4.39 Å². The SMILES string of the molecule is Cn1c(SCC(=O)NC2(C#N)CCCCC2)nnc1-c1ccccc1F. The van der Waals surface area contributed by atoms with Crippen molar-refractivity contribution in [2.24, 2.45) is 7.05 Å². The number of benzene rings is 1. The van der Waals surface area contributed by atoms with Crippen LogP contribution in [0.25, 0.3) is 11.4 Å². The van der Waals surface area contributed by atoms with Crippen molar-refractivity contribution in [1.82, 2.24) is 20.1 Å². The van der Waals surface area contributed by atoms with Gasteiger partial charge in [0.15, 0.2) is 11.0 Å². The van der Waals surface area contributed by atoms with E-state index in [4.69, 9.17) is 0 Å². The summed E-state index contributed by atoms with van der Waals surface area (Å²) in [5, 5.41) is 20.9. The number of rotatable bonds is 5. The summed E-state index contributed by atoms with van der Waals surface area (Å²) in [4.78, 5) is 12.3. The minimum Gasteiger partial charge on any atom is -0.337 e. The second-order valence-corrected chi connectivity index (χ2v) is 7.38. The van der Waals surface area contributed by atoms with Gasteiger partial charge in [-0.25, -0.2) is 4.39 Å². The first-order chi connectivity index (χ1) is 12.5. The molecule has 3 rings (SSSR count). The van der Waals surface area contributed by atoms with E-state index in [0.29, 0.717) is 29.4 Å². The van der Waals surface area contributed by atoms with Crippen molar-refractivity contribution in [1.29, 1.82) is 5.26 Å². The first-order valence-corrected chi connectivity index (χ1v) is 9.52. The lowest BCUT2D eigenvalue weighted by molar-refractivity contribution is -0.120. The summed E-state index contributed by atoms with van der Waals surface area (Å²) in [7, 11) is 1.74. The van der Waals surface area contributed by atoms with Gasteiger partial charge in [0.1, 0.15) is 11.4 Å². The van der Waals surface area contributed by atoms with Gasteiger partial charge < -0.3 is 9.88 Å². The van der Waals surface area contributed by atoms with Gasteiger partial charge >= 0.3 is 0 Å². The van der Waals surface area contributed by atoms with E-state index in [1.54, 1.807) is 29.8 Å². The van der Waals surface area contributed by atoms with Crippen LogP contribution in [0.1, 0.15) is 32.1 Å². The maximum absolute atomic E-state index is 13.9. The van der Waals surface area contributed by atoms with Crippen LogP contribution in [0.15, 0.2) is 29.4 Å². The van der Waals surface area contributed by atoms with Crippen molar-refractivity contribution in [3.8, 4) is 17.5 Å². The number of aromatic nitrogens is 3. The Morgan fingerprint density at radius 3 is 2.77 bits per heavy atom. The predicted octanol–water partition coefficient (Wildman–Crippen LogP) is 3.06. The van der Waals surface area contributed by atoms with Crippen molar-refractivity contribution in [2.75, 3.05) is 5.75 Å². The molecular formula is C18H20FN5OS. The second kappa shape index (κ2) is 7.87. The van der Waals surface area contributed by atoms with Gasteiger partial charge in [-0.3, -0.25) is 4.79 Å². The maximum atomic E-state index is 13.9. The van der Waals surface area contributed by atoms with Gasteiger partial charge in [0.05, 0.1) is 17.4 Å². The molecule has 6 nitrogen and oxygen atoms in total. The summed E-state index contributed by atoms with van der Waals surface area (Å²) in [6, 6.07) is 8.64. The lowest BCUT2D eigenvalue weighted by atomic mass is 9.83. The van der Waals surface area contributed by atoms with Gasteiger partial charge in [-0.1, -0.05) is 43.2 Å². The number of amides is 1. The minimum absolute atomic E-state index is 0.132. The number of nitriles is 1. The standard InChI is InChI=1S/C18H20FN5OS/c1-24-16(13-7-3-4-8-14(13)19)22-23-17(24)26-11-15(25)21-18(12-20)9-5-2-6-10-18/h3-4,7-8H,2,5-6,9-11H2,1H3,(H,21,25). The maximum Gasteiger partial charge on any atom is 0.231 e. The summed E-state index contributed by atoms with van der Waals surface area (Å²) in [5.41, 5.74) is -0.377. The molecule has 1 saturated carbocycles. The molecule has 1 aliphatic rings. The van der Waals surface area contributed by atoms with E-state index in [9.17, 15) is 14.4 Å². The molecule has 1 aromatic carbocycles. The van der Waals surface area contributed by atoms with Crippen LogP contribution in [0, 0.1) is 17.1 Å². The number of thioether (sulfide) groups is 1. The predicted molar refractivity (Wildman–Crippen MR) is 96.7 cm³/mol. The van der Waals surface area contributed by atoms with Crippen LogP contribution < -0.4 is 5.32 Å². The van der Waals surface area contributed by atoms with E-state index in [-0.39, 0.29) is 17.5 Å². The molecule has 0 saturated heterocycles. The molecule has 0 aliphatic heterocycles. The van der Waals surface area contributed by atoms with Crippen LogP contribution in [0.2, 0.25) is 0 Å². The Kier molecular flexibility index (Phi) is 5.57. The van der Waals surface area contributed by atoms with Crippen LogP contribution in [-0.4, -0.2) is 32.0 Å². The second-order valence-electron chi connectivity index (χ2n) is 6.44. The van der Waals surface area contributed by atoms with Crippen molar-refractivity contribution in [3.05, 3.63) is 30.1 Å². The van der Waals surface area contributed by atoms with Crippen molar-refractivity contribution >= 4 is 17.7 Å². The summed E-state index contributed by atoms with van der Waals surface area (Å²) in [6.07, 6.45) is 4.40. The monoisotopic (exact) mass is 373 g/mol. The van der Waals surface area contributed by atoms with Crippen molar-refractivity contribution in [3.63, 3.8) is 0 Å². The Bertz CT molecular complexity index is 838. The number of hydrogen-bond donors (Lipinski definition) is 1. The number of carbonyl (C=O) groups excluding carboxylic acids is 1. The van der Waals surface area contributed by atoms with Gasteiger partial charge in [-0.2, -0.15) is 5.26 Å². The van der Waals surface area contributed by atoms with E-state index in [1.807, 2.05) is 0 Å². The average molecular weight is 373 g/mol. The Morgan fingerprint density at radius 1 is 1.35 bits per heavy atom. The minimum atomic E-state index is -0.742. The van der Waals surface area contributed by atoms with Crippen LogP contribution in [0.5, 0.6) is 0 Å². The molecule has 1 aliphatic carbocycles. The summed E-state index contributed by atoms with van der Waals surface area (Å²) >= 11 is 1.22. The molecule has 2 aromatic rings. The molecule has 26 heavy (non-hydrogen) atoms. The molecule has 136 valence electrons. The van der Waals surface area contributed by atoms with Crippen molar-refractivity contribution in [2.45, 2.75) is 42.8 Å². The van der Waals surface area contributed by atoms with E-state index in [0.717, 1.165) is 19.3 Å². The molecule has 1 fully saturated rings. The molecule has 0 spiro atoms. The molecule has 0 radical (unpaired) electrons. The highest BCUT2D eigenvalue weighted by molar-refractivity contribution is 7.99. The number of halogens is 1. The van der Waals surface area contributed by atoms with E-state index in [2.05, 4.69) is 21.6 Å². The molecule has 1 aromatic heterocycles. The lowest BCUT2D eigenvalue weighted by Gasteiger charge is -2.31. The number of hydrogen-bond acceptors (Lipinski definition) is 5.